The van der Waals surface area contributed by atoms with E-state index < -0.39 is 7.12 Å². The lowest BCUT2D eigenvalue weighted by molar-refractivity contribution is 0.427. The van der Waals surface area contributed by atoms with Gasteiger partial charge in [-0.1, -0.05) is 66.7 Å². The van der Waals surface area contributed by atoms with Gasteiger partial charge in [0, 0.05) is 0 Å². The fourth-order valence-corrected chi connectivity index (χ4v) is 1.67. The van der Waals surface area contributed by atoms with E-state index >= 15 is 0 Å². The maximum Gasteiger partial charge on any atom is 0.489 e. The summed E-state index contributed by atoms with van der Waals surface area (Å²) in [4.78, 5) is 0. The van der Waals surface area contributed by atoms with Crippen molar-refractivity contribution in [3.05, 3.63) is 71.8 Å². The molecule has 2 aromatic rings. The molecule has 0 aromatic heterocycles. The highest BCUT2D eigenvalue weighted by Gasteiger charge is 2.16. The first kappa shape index (κ1) is 11.6. The normalized spacial score (nSPS) is 11.3. The third-order valence-electron chi connectivity index (χ3n) is 2.51. The molecule has 2 rings (SSSR count). The average Bonchev–Trinajstić information content (AvgIpc) is 2.38. The van der Waals surface area contributed by atoms with Gasteiger partial charge in [0.15, 0.2) is 0 Å². The molecule has 0 fully saturated rings. The molecule has 0 aliphatic rings. The van der Waals surface area contributed by atoms with Crippen LogP contribution in [0.5, 0.6) is 0 Å². The predicted octanol–water partition coefficient (Wildman–Crippen LogP) is 2.24. The quantitative estimate of drug-likeness (QED) is 0.620. The Balaban J connectivity index is 2.40. The minimum Gasteiger partial charge on any atom is -0.423 e. The summed E-state index contributed by atoms with van der Waals surface area (Å²) in [5.74, 6) is 0. The van der Waals surface area contributed by atoms with Crippen molar-refractivity contribution in [1.82, 2.24) is 0 Å². The Hall–Kier alpha value is -1.84. The van der Waals surface area contributed by atoms with Gasteiger partial charge < -0.3 is 10.0 Å². The molecule has 0 aliphatic heterocycles. The highest BCUT2D eigenvalue weighted by atomic mass is 16.4. The monoisotopic (exact) mass is 224 g/mol. The lowest BCUT2D eigenvalue weighted by Gasteiger charge is -2.06. The van der Waals surface area contributed by atoms with Crippen LogP contribution in [0.2, 0.25) is 0 Å². The van der Waals surface area contributed by atoms with E-state index in [-0.39, 0.29) is 0 Å². The van der Waals surface area contributed by atoms with Gasteiger partial charge >= 0.3 is 7.12 Å². The van der Waals surface area contributed by atoms with Crippen LogP contribution in [0.1, 0.15) is 11.1 Å². The van der Waals surface area contributed by atoms with Gasteiger partial charge in [-0.3, -0.25) is 0 Å². The fourth-order valence-electron chi connectivity index (χ4n) is 1.67. The van der Waals surface area contributed by atoms with Crippen molar-refractivity contribution < 1.29 is 10.0 Å². The zero-order chi connectivity index (χ0) is 12.1. The first-order chi connectivity index (χ1) is 8.27. The van der Waals surface area contributed by atoms with Crippen LogP contribution in [0.4, 0.5) is 0 Å². The second-order valence-corrected chi connectivity index (χ2v) is 3.75. The van der Waals surface area contributed by atoms with Gasteiger partial charge in [-0.25, -0.2) is 0 Å². The van der Waals surface area contributed by atoms with E-state index in [0.717, 1.165) is 11.1 Å². The second-order valence-electron chi connectivity index (χ2n) is 3.75. The number of benzene rings is 2. The van der Waals surface area contributed by atoms with E-state index in [1.807, 2.05) is 60.7 Å². The Labute approximate surface area is 101 Å². The molecule has 0 heterocycles. The lowest BCUT2D eigenvalue weighted by atomic mass is 9.74. The zero-order valence-corrected chi connectivity index (χ0v) is 9.32. The molecule has 2 aromatic carbocycles. The summed E-state index contributed by atoms with van der Waals surface area (Å²) in [5, 5.41) is 18.8. The van der Waals surface area contributed by atoms with Gasteiger partial charge in [0.25, 0.3) is 0 Å². The van der Waals surface area contributed by atoms with Crippen LogP contribution in [-0.2, 0) is 0 Å². The molecule has 0 saturated heterocycles. The van der Waals surface area contributed by atoms with E-state index in [1.165, 1.54) is 0 Å². The molecule has 17 heavy (non-hydrogen) atoms. The average molecular weight is 224 g/mol. The van der Waals surface area contributed by atoms with Gasteiger partial charge in [0.2, 0.25) is 0 Å². The van der Waals surface area contributed by atoms with Crippen LogP contribution in [0.3, 0.4) is 0 Å². The largest absolute Gasteiger partial charge is 0.489 e. The highest BCUT2D eigenvalue weighted by Crippen LogP contribution is 2.18. The van der Waals surface area contributed by atoms with Crippen molar-refractivity contribution in [1.29, 1.82) is 0 Å². The molecule has 0 atom stereocenters. The van der Waals surface area contributed by atoms with E-state index in [1.54, 1.807) is 6.08 Å². The first-order valence-corrected chi connectivity index (χ1v) is 5.45. The summed E-state index contributed by atoms with van der Waals surface area (Å²) in [5.41, 5.74) is 2.25. The molecular weight excluding hydrogens is 211 g/mol. The first-order valence-electron chi connectivity index (χ1n) is 5.45. The summed E-state index contributed by atoms with van der Waals surface area (Å²) < 4.78 is 0. The van der Waals surface area contributed by atoms with Gasteiger partial charge in [0.05, 0.1) is 0 Å². The molecule has 0 bridgehead atoms. The van der Waals surface area contributed by atoms with Crippen LogP contribution < -0.4 is 0 Å². The molecular formula is C14H13BO2. The summed E-state index contributed by atoms with van der Waals surface area (Å²) in [6.07, 6.45) is 1.78. The molecule has 0 unspecified atom stereocenters. The van der Waals surface area contributed by atoms with Crippen LogP contribution in [0, 0.1) is 0 Å². The highest BCUT2D eigenvalue weighted by molar-refractivity contribution is 6.67. The maximum atomic E-state index is 9.41. The van der Waals surface area contributed by atoms with Crippen molar-refractivity contribution >= 4 is 18.7 Å². The van der Waals surface area contributed by atoms with Crippen LogP contribution in [0.15, 0.2) is 60.7 Å². The molecule has 0 spiro atoms. The van der Waals surface area contributed by atoms with Gasteiger partial charge in [-0.05, 0) is 16.6 Å². The van der Waals surface area contributed by atoms with Crippen molar-refractivity contribution in [3.8, 4) is 0 Å². The van der Waals surface area contributed by atoms with Crippen molar-refractivity contribution in [2.75, 3.05) is 0 Å². The van der Waals surface area contributed by atoms with Crippen LogP contribution >= 0.6 is 0 Å². The Kier molecular flexibility index (Phi) is 3.75. The minimum absolute atomic E-state index is 0.497. The lowest BCUT2D eigenvalue weighted by Crippen LogP contribution is -2.14. The molecule has 0 radical (unpaired) electrons. The summed E-state index contributed by atoms with van der Waals surface area (Å²) in [6.45, 7) is 0. The molecule has 3 heteroatoms. The van der Waals surface area contributed by atoms with E-state index in [9.17, 15) is 10.0 Å². The van der Waals surface area contributed by atoms with Crippen LogP contribution in [-0.4, -0.2) is 17.2 Å². The number of rotatable bonds is 3. The van der Waals surface area contributed by atoms with Crippen molar-refractivity contribution in [3.63, 3.8) is 0 Å². The number of hydrogen-bond donors (Lipinski definition) is 2. The van der Waals surface area contributed by atoms with Gasteiger partial charge in [0.1, 0.15) is 0 Å². The Morgan fingerprint density at radius 3 is 1.88 bits per heavy atom. The van der Waals surface area contributed by atoms with Gasteiger partial charge in [-0.15, -0.1) is 0 Å². The Morgan fingerprint density at radius 2 is 1.35 bits per heavy atom. The van der Waals surface area contributed by atoms with E-state index in [4.69, 9.17) is 0 Å². The summed E-state index contributed by atoms with van der Waals surface area (Å²) in [6, 6.07) is 18.9. The fraction of sp³-hybridized carbons (Fsp3) is 0. The predicted molar refractivity (Wildman–Crippen MR) is 70.9 cm³/mol. The molecule has 2 nitrogen and oxygen atoms in total. The second kappa shape index (κ2) is 5.48. The Morgan fingerprint density at radius 1 is 0.824 bits per heavy atom. The molecule has 0 saturated carbocycles. The summed E-state index contributed by atoms with van der Waals surface area (Å²) >= 11 is 0. The smallest absolute Gasteiger partial charge is 0.423 e. The van der Waals surface area contributed by atoms with E-state index in [0.29, 0.717) is 5.47 Å². The third-order valence-corrected chi connectivity index (χ3v) is 2.51. The molecule has 0 amide bonds. The van der Waals surface area contributed by atoms with Crippen LogP contribution in [0.25, 0.3) is 11.5 Å². The third kappa shape index (κ3) is 3.06. The standard InChI is InChI=1S/C14H13BO2/c16-15(17)14(13-9-5-2-6-10-13)11-12-7-3-1-4-8-12/h1-11,16-17H/b14-11+. The zero-order valence-electron chi connectivity index (χ0n) is 9.32. The molecule has 2 N–H and O–H groups in total. The van der Waals surface area contributed by atoms with E-state index in [2.05, 4.69) is 0 Å². The SMILES string of the molecule is OB(O)/C(=C/c1ccccc1)c1ccccc1. The van der Waals surface area contributed by atoms with Gasteiger partial charge in [-0.2, -0.15) is 0 Å². The van der Waals surface area contributed by atoms with Crippen molar-refractivity contribution in [2.45, 2.75) is 0 Å². The molecule has 0 aliphatic carbocycles. The minimum atomic E-state index is -1.47. The molecule has 84 valence electrons. The maximum absolute atomic E-state index is 9.41. The Bertz CT molecular complexity index is 492. The summed E-state index contributed by atoms with van der Waals surface area (Å²) in [7, 11) is -1.47. The van der Waals surface area contributed by atoms with Crippen molar-refractivity contribution in [2.24, 2.45) is 0 Å². The number of hydrogen-bond acceptors (Lipinski definition) is 2. The topological polar surface area (TPSA) is 40.5 Å².